The van der Waals surface area contributed by atoms with E-state index in [-0.39, 0.29) is 0 Å². The van der Waals surface area contributed by atoms with E-state index in [2.05, 4.69) is 54.6 Å². The molecule has 0 atom stereocenters. The zero-order valence-electron chi connectivity index (χ0n) is 8.85. The van der Waals surface area contributed by atoms with Crippen LogP contribution in [0.2, 0.25) is 0 Å². The van der Waals surface area contributed by atoms with Crippen molar-refractivity contribution in [2.24, 2.45) is 0 Å². The topological polar surface area (TPSA) is 0 Å². The lowest BCUT2D eigenvalue weighted by Gasteiger charge is -2.05. The van der Waals surface area contributed by atoms with E-state index >= 15 is 0 Å². The molecule has 0 saturated carbocycles. The Morgan fingerprint density at radius 2 is 1.44 bits per heavy atom. The third kappa shape index (κ3) is 1.49. The van der Waals surface area contributed by atoms with Gasteiger partial charge in [0.1, 0.15) is 0 Å². The molecule has 75 valence electrons. The molecule has 0 spiro atoms. The lowest BCUT2D eigenvalue weighted by molar-refractivity contribution is 1.65. The van der Waals surface area contributed by atoms with Crippen LogP contribution in [0.3, 0.4) is 0 Å². The van der Waals surface area contributed by atoms with Gasteiger partial charge in [-0.05, 0) is 28.0 Å². The maximum absolute atomic E-state index is 3.26. The lowest BCUT2D eigenvalue weighted by Crippen LogP contribution is -1.80. The van der Waals surface area contributed by atoms with Gasteiger partial charge in [-0.15, -0.1) is 0 Å². The molecule has 0 saturated heterocycles. The Morgan fingerprint density at radius 3 is 2.31 bits per heavy atom. The summed E-state index contributed by atoms with van der Waals surface area (Å²) in [5.74, 6) is 0. The lowest BCUT2D eigenvalue weighted by atomic mass is 9.98. The SMILES string of the molecule is [c]1ccc(-c2ccccc2)c2ccccc12. The smallest absolute Gasteiger partial charge is 0.00987 e. The first-order valence-corrected chi connectivity index (χ1v) is 5.40. The molecule has 0 aliphatic rings. The molecule has 0 heteroatoms. The van der Waals surface area contributed by atoms with Crippen molar-refractivity contribution in [3.05, 3.63) is 72.8 Å². The van der Waals surface area contributed by atoms with Crippen LogP contribution in [0.25, 0.3) is 21.9 Å². The summed E-state index contributed by atoms with van der Waals surface area (Å²) in [5, 5.41) is 2.43. The molecule has 0 bridgehead atoms. The van der Waals surface area contributed by atoms with Gasteiger partial charge in [0.2, 0.25) is 0 Å². The molecule has 0 fully saturated rings. The van der Waals surface area contributed by atoms with Gasteiger partial charge in [0.15, 0.2) is 0 Å². The summed E-state index contributed by atoms with van der Waals surface area (Å²) in [5.41, 5.74) is 2.53. The molecular weight excluding hydrogens is 192 g/mol. The maximum Gasteiger partial charge on any atom is -0.00987 e. The van der Waals surface area contributed by atoms with Gasteiger partial charge in [0.25, 0.3) is 0 Å². The maximum atomic E-state index is 3.26. The Labute approximate surface area is 95.2 Å². The van der Waals surface area contributed by atoms with Crippen molar-refractivity contribution >= 4 is 10.8 Å². The van der Waals surface area contributed by atoms with Crippen LogP contribution in [0.5, 0.6) is 0 Å². The van der Waals surface area contributed by atoms with Crippen molar-refractivity contribution in [1.29, 1.82) is 0 Å². The van der Waals surface area contributed by atoms with Gasteiger partial charge in [-0.2, -0.15) is 0 Å². The molecule has 0 aliphatic carbocycles. The van der Waals surface area contributed by atoms with Crippen LogP contribution in [0, 0.1) is 6.07 Å². The molecule has 3 aromatic rings. The second-order valence-corrected chi connectivity index (χ2v) is 3.80. The Bertz CT molecular complexity index is 604. The highest BCUT2D eigenvalue weighted by Crippen LogP contribution is 2.27. The quantitative estimate of drug-likeness (QED) is 0.553. The first-order chi connectivity index (χ1) is 7.95. The molecule has 1 radical (unpaired) electrons. The number of hydrogen-bond acceptors (Lipinski definition) is 0. The summed E-state index contributed by atoms with van der Waals surface area (Å²) in [4.78, 5) is 0. The van der Waals surface area contributed by atoms with E-state index in [1.54, 1.807) is 0 Å². The summed E-state index contributed by atoms with van der Waals surface area (Å²) in [6.07, 6.45) is 0. The molecule has 0 nitrogen and oxygen atoms in total. The monoisotopic (exact) mass is 203 g/mol. The molecular formula is C16H11. The van der Waals surface area contributed by atoms with Crippen molar-refractivity contribution < 1.29 is 0 Å². The second-order valence-electron chi connectivity index (χ2n) is 3.80. The van der Waals surface area contributed by atoms with Crippen LogP contribution >= 0.6 is 0 Å². The minimum atomic E-state index is 1.17. The van der Waals surface area contributed by atoms with Crippen molar-refractivity contribution in [3.8, 4) is 11.1 Å². The summed E-state index contributed by atoms with van der Waals surface area (Å²) >= 11 is 0. The Balaban J connectivity index is 2.32. The Hall–Kier alpha value is -2.08. The molecule has 0 N–H and O–H groups in total. The minimum absolute atomic E-state index is 1.17. The summed E-state index contributed by atoms with van der Waals surface area (Å²) in [6, 6.07) is 26.2. The molecule has 3 rings (SSSR count). The van der Waals surface area contributed by atoms with Crippen LogP contribution in [-0.4, -0.2) is 0 Å². The van der Waals surface area contributed by atoms with E-state index in [9.17, 15) is 0 Å². The van der Waals surface area contributed by atoms with Crippen molar-refractivity contribution in [3.63, 3.8) is 0 Å². The third-order valence-corrected chi connectivity index (χ3v) is 2.79. The average molecular weight is 203 g/mol. The van der Waals surface area contributed by atoms with Gasteiger partial charge in [-0.3, -0.25) is 0 Å². The van der Waals surface area contributed by atoms with E-state index in [1.807, 2.05) is 18.2 Å². The van der Waals surface area contributed by atoms with Crippen molar-refractivity contribution in [2.75, 3.05) is 0 Å². The van der Waals surface area contributed by atoms with E-state index in [4.69, 9.17) is 0 Å². The molecule has 3 aromatic carbocycles. The molecule has 0 aromatic heterocycles. The largest absolute Gasteiger partial charge is 0.0622 e. The summed E-state index contributed by atoms with van der Waals surface area (Å²) in [7, 11) is 0. The van der Waals surface area contributed by atoms with Crippen LogP contribution in [-0.2, 0) is 0 Å². The Morgan fingerprint density at radius 1 is 0.688 bits per heavy atom. The Kier molecular flexibility index (Phi) is 2.19. The molecule has 0 aliphatic heterocycles. The standard InChI is InChI=1S/C16H11/c1-2-7-13(8-3-1)16-12-6-10-14-9-4-5-11-15(14)16/h1-9,11-12H. The summed E-state index contributed by atoms with van der Waals surface area (Å²) in [6.45, 7) is 0. The molecule has 0 heterocycles. The number of benzene rings is 3. The molecule has 0 unspecified atom stereocenters. The van der Waals surface area contributed by atoms with E-state index in [0.717, 1.165) is 0 Å². The van der Waals surface area contributed by atoms with Gasteiger partial charge in [-0.1, -0.05) is 66.7 Å². The zero-order chi connectivity index (χ0) is 10.8. The van der Waals surface area contributed by atoms with E-state index < -0.39 is 0 Å². The predicted molar refractivity (Wildman–Crippen MR) is 68.2 cm³/mol. The highest BCUT2D eigenvalue weighted by molar-refractivity contribution is 5.96. The fourth-order valence-electron chi connectivity index (χ4n) is 2.02. The fourth-order valence-corrected chi connectivity index (χ4v) is 2.02. The fraction of sp³-hybridized carbons (Fsp3) is 0. The molecule has 16 heavy (non-hydrogen) atoms. The van der Waals surface area contributed by atoms with Gasteiger partial charge in [-0.25, -0.2) is 0 Å². The van der Waals surface area contributed by atoms with Gasteiger partial charge < -0.3 is 0 Å². The zero-order valence-corrected chi connectivity index (χ0v) is 8.85. The van der Waals surface area contributed by atoms with Crippen LogP contribution < -0.4 is 0 Å². The first-order valence-electron chi connectivity index (χ1n) is 5.40. The van der Waals surface area contributed by atoms with Crippen molar-refractivity contribution in [1.82, 2.24) is 0 Å². The van der Waals surface area contributed by atoms with Gasteiger partial charge >= 0.3 is 0 Å². The van der Waals surface area contributed by atoms with Crippen molar-refractivity contribution in [2.45, 2.75) is 0 Å². The number of hydrogen-bond donors (Lipinski definition) is 0. The first kappa shape index (κ1) is 9.17. The minimum Gasteiger partial charge on any atom is -0.0622 e. The van der Waals surface area contributed by atoms with Gasteiger partial charge in [0.05, 0.1) is 0 Å². The third-order valence-electron chi connectivity index (χ3n) is 2.79. The highest BCUT2D eigenvalue weighted by atomic mass is 14.0. The van der Waals surface area contributed by atoms with E-state index in [0.29, 0.717) is 0 Å². The second kappa shape index (κ2) is 3.82. The van der Waals surface area contributed by atoms with Crippen LogP contribution in [0.15, 0.2) is 66.7 Å². The molecule has 0 amide bonds. The highest BCUT2D eigenvalue weighted by Gasteiger charge is 2.01. The average Bonchev–Trinajstić information content (AvgIpc) is 2.39. The normalized spacial score (nSPS) is 10.5. The van der Waals surface area contributed by atoms with Crippen LogP contribution in [0.1, 0.15) is 0 Å². The van der Waals surface area contributed by atoms with Gasteiger partial charge in [0, 0.05) is 0 Å². The summed E-state index contributed by atoms with van der Waals surface area (Å²) < 4.78 is 0. The number of fused-ring (bicyclic) bond motifs is 1. The number of rotatable bonds is 1. The predicted octanol–water partition coefficient (Wildman–Crippen LogP) is 4.31. The van der Waals surface area contributed by atoms with E-state index in [1.165, 1.54) is 21.9 Å². The van der Waals surface area contributed by atoms with Crippen LogP contribution in [0.4, 0.5) is 0 Å².